The first-order valence-electron chi connectivity index (χ1n) is 9.11. The third kappa shape index (κ3) is 3.04. The quantitative estimate of drug-likeness (QED) is 0.588. The van der Waals surface area contributed by atoms with Crippen LogP contribution in [0.5, 0.6) is 0 Å². The molecule has 1 aliphatic heterocycles. The number of fused-ring (bicyclic) bond motifs is 1. The number of rotatable bonds is 4. The molecule has 0 aliphatic carbocycles. The van der Waals surface area contributed by atoms with Crippen LogP contribution < -0.4 is 5.56 Å². The van der Waals surface area contributed by atoms with E-state index in [1.54, 1.807) is 12.4 Å². The Kier molecular flexibility index (Phi) is 3.83. The summed E-state index contributed by atoms with van der Waals surface area (Å²) in [5.74, 6) is 0. The average molecular weight is 357 g/mol. The molecule has 3 aromatic heterocycles. The molecule has 1 fully saturated rings. The molecule has 0 atom stereocenters. The summed E-state index contributed by atoms with van der Waals surface area (Å²) >= 11 is 0. The highest BCUT2D eigenvalue weighted by Crippen LogP contribution is 2.26. The van der Waals surface area contributed by atoms with Gasteiger partial charge in [-0.05, 0) is 61.5 Å². The highest BCUT2D eigenvalue weighted by Gasteiger charge is 2.15. The monoisotopic (exact) mass is 357 g/mol. The number of benzene rings is 1. The summed E-state index contributed by atoms with van der Waals surface area (Å²) in [7, 11) is 0. The number of nitrogens with one attached hydrogen (secondary N) is 2. The van der Waals surface area contributed by atoms with Gasteiger partial charge < -0.3 is 4.98 Å². The van der Waals surface area contributed by atoms with Gasteiger partial charge in [0.25, 0.3) is 5.56 Å². The summed E-state index contributed by atoms with van der Waals surface area (Å²) in [4.78, 5) is 22.2. The molecule has 134 valence electrons. The standard InChI is InChI=1S/C21H19N5O/c27-21-17(12-19(24-25-21)15-4-6-22-7-5-15)20-11-16-10-14(2-3-18(16)23-20)13-26-8-1-9-26/h2-7,10-12,23H,1,8-9,13H2,(H,25,27). The number of likely N-dealkylation sites (tertiary alicyclic amines) is 1. The molecule has 2 N–H and O–H groups in total. The molecule has 1 aromatic carbocycles. The highest BCUT2D eigenvalue weighted by molar-refractivity contribution is 5.86. The zero-order valence-corrected chi connectivity index (χ0v) is 14.8. The fraction of sp³-hybridized carbons (Fsp3) is 0.190. The minimum Gasteiger partial charge on any atom is -0.354 e. The third-order valence-corrected chi connectivity index (χ3v) is 5.11. The van der Waals surface area contributed by atoms with Gasteiger partial charge in [-0.15, -0.1) is 0 Å². The van der Waals surface area contributed by atoms with Crippen molar-refractivity contribution in [3.05, 3.63) is 70.8 Å². The van der Waals surface area contributed by atoms with Crippen molar-refractivity contribution in [3.8, 4) is 22.5 Å². The van der Waals surface area contributed by atoms with Gasteiger partial charge in [0.2, 0.25) is 0 Å². The molecule has 4 heterocycles. The van der Waals surface area contributed by atoms with Crippen molar-refractivity contribution >= 4 is 10.9 Å². The first-order chi connectivity index (χ1) is 13.3. The van der Waals surface area contributed by atoms with Crippen LogP contribution in [0, 0.1) is 0 Å². The van der Waals surface area contributed by atoms with Gasteiger partial charge in [-0.2, -0.15) is 5.10 Å². The van der Waals surface area contributed by atoms with E-state index in [2.05, 4.69) is 43.3 Å². The molecule has 4 aromatic rings. The molecule has 0 bridgehead atoms. The molecule has 0 spiro atoms. The Labute approximate surface area is 155 Å². The van der Waals surface area contributed by atoms with Crippen molar-refractivity contribution in [2.24, 2.45) is 0 Å². The molecule has 27 heavy (non-hydrogen) atoms. The molecule has 0 saturated carbocycles. The van der Waals surface area contributed by atoms with Crippen LogP contribution in [-0.2, 0) is 6.54 Å². The van der Waals surface area contributed by atoms with Crippen LogP contribution in [-0.4, -0.2) is 38.2 Å². The number of aromatic amines is 2. The molecule has 6 heteroatoms. The van der Waals surface area contributed by atoms with Gasteiger partial charge in [0.15, 0.2) is 0 Å². The summed E-state index contributed by atoms with van der Waals surface area (Å²) < 4.78 is 0. The van der Waals surface area contributed by atoms with Crippen LogP contribution in [0.15, 0.2) is 59.7 Å². The number of aromatic nitrogens is 4. The van der Waals surface area contributed by atoms with Gasteiger partial charge in [-0.25, -0.2) is 5.10 Å². The maximum Gasteiger partial charge on any atom is 0.273 e. The third-order valence-electron chi connectivity index (χ3n) is 5.11. The Bertz CT molecular complexity index is 1160. The van der Waals surface area contributed by atoms with Crippen molar-refractivity contribution in [1.82, 2.24) is 25.1 Å². The van der Waals surface area contributed by atoms with Crippen LogP contribution in [0.2, 0.25) is 0 Å². The molecule has 0 amide bonds. The van der Waals surface area contributed by atoms with Crippen molar-refractivity contribution in [3.63, 3.8) is 0 Å². The van der Waals surface area contributed by atoms with E-state index in [9.17, 15) is 4.79 Å². The van der Waals surface area contributed by atoms with Gasteiger partial charge in [-0.3, -0.25) is 14.7 Å². The van der Waals surface area contributed by atoms with E-state index >= 15 is 0 Å². The molecular formula is C21H19N5O. The van der Waals surface area contributed by atoms with Crippen molar-refractivity contribution < 1.29 is 0 Å². The largest absolute Gasteiger partial charge is 0.354 e. The summed E-state index contributed by atoms with van der Waals surface area (Å²) in [6.07, 6.45) is 4.72. The lowest BCUT2D eigenvalue weighted by Crippen LogP contribution is -2.36. The van der Waals surface area contributed by atoms with E-state index in [4.69, 9.17) is 0 Å². The maximum absolute atomic E-state index is 12.4. The lowest BCUT2D eigenvalue weighted by atomic mass is 10.1. The number of H-pyrrole nitrogens is 2. The molecule has 0 radical (unpaired) electrons. The van der Waals surface area contributed by atoms with Crippen LogP contribution >= 0.6 is 0 Å². The second kappa shape index (κ2) is 6.48. The van der Waals surface area contributed by atoms with E-state index in [0.717, 1.165) is 28.7 Å². The minimum absolute atomic E-state index is 0.208. The zero-order chi connectivity index (χ0) is 18.2. The van der Waals surface area contributed by atoms with Gasteiger partial charge in [0.05, 0.1) is 17.0 Å². The first kappa shape index (κ1) is 16.0. The van der Waals surface area contributed by atoms with Crippen LogP contribution in [0.4, 0.5) is 0 Å². The first-order valence-corrected chi connectivity index (χ1v) is 9.11. The van der Waals surface area contributed by atoms with Crippen molar-refractivity contribution in [2.45, 2.75) is 13.0 Å². The molecule has 0 unspecified atom stereocenters. The topological polar surface area (TPSA) is 77.7 Å². The molecule has 1 aliphatic rings. The minimum atomic E-state index is -0.208. The van der Waals surface area contributed by atoms with Gasteiger partial charge in [0.1, 0.15) is 0 Å². The number of hydrogen-bond acceptors (Lipinski definition) is 4. The summed E-state index contributed by atoms with van der Waals surface area (Å²) in [5.41, 5.74) is 5.12. The summed E-state index contributed by atoms with van der Waals surface area (Å²) in [6.45, 7) is 3.35. The van der Waals surface area contributed by atoms with Gasteiger partial charge >= 0.3 is 0 Å². The second-order valence-corrected chi connectivity index (χ2v) is 6.97. The second-order valence-electron chi connectivity index (χ2n) is 6.97. The van der Waals surface area contributed by atoms with Crippen LogP contribution in [0.3, 0.4) is 0 Å². The highest BCUT2D eigenvalue weighted by atomic mass is 16.1. The van der Waals surface area contributed by atoms with Crippen LogP contribution in [0.25, 0.3) is 33.4 Å². The summed E-state index contributed by atoms with van der Waals surface area (Å²) in [6, 6.07) is 14.0. The molecule has 5 rings (SSSR count). The Morgan fingerprint density at radius 2 is 1.89 bits per heavy atom. The Morgan fingerprint density at radius 1 is 1.04 bits per heavy atom. The van der Waals surface area contributed by atoms with E-state index in [0.29, 0.717) is 11.3 Å². The fourth-order valence-corrected chi connectivity index (χ4v) is 3.50. The maximum atomic E-state index is 12.4. The average Bonchev–Trinajstić information content (AvgIpc) is 3.09. The zero-order valence-electron chi connectivity index (χ0n) is 14.8. The molecule has 1 saturated heterocycles. The summed E-state index contributed by atoms with van der Waals surface area (Å²) in [5, 5.41) is 7.89. The Balaban J connectivity index is 1.53. The smallest absolute Gasteiger partial charge is 0.273 e. The predicted molar refractivity (Wildman–Crippen MR) is 105 cm³/mol. The number of nitrogens with zero attached hydrogens (tertiary/aromatic N) is 3. The lowest BCUT2D eigenvalue weighted by molar-refractivity contribution is 0.172. The van der Waals surface area contributed by atoms with E-state index < -0.39 is 0 Å². The van der Waals surface area contributed by atoms with E-state index in [1.807, 2.05) is 24.3 Å². The molecule has 6 nitrogen and oxygen atoms in total. The fourth-order valence-electron chi connectivity index (χ4n) is 3.50. The number of hydrogen-bond donors (Lipinski definition) is 2. The molecular weight excluding hydrogens is 338 g/mol. The van der Waals surface area contributed by atoms with E-state index in [-0.39, 0.29) is 5.56 Å². The Hall–Kier alpha value is -3.25. The number of pyridine rings is 1. The van der Waals surface area contributed by atoms with Gasteiger partial charge in [0, 0.05) is 35.4 Å². The van der Waals surface area contributed by atoms with Crippen LogP contribution in [0.1, 0.15) is 12.0 Å². The normalized spacial score (nSPS) is 14.4. The van der Waals surface area contributed by atoms with Crippen molar-refractivity contribution in [1.29, 1.82) is 0 Å². The SMILES string of the molecule is O=c1[nH]nc(-c2ccncc2)cc1-c1cc2cc(CN3CCC3)ccc2[nH]1. The Morgan fingerprint density at radius 3 is 2.67 bits per heavy atom. The lowest BCUT2D eigenvalue weighted by Gasteiger charge is -2.30. The van der Waals surface area contributed by atoms with E-state index in [1.165, 1.54) is 25.1 Å². The van der Waals surface area contributed by atoms with Gasteiger partial charge in [-0.1, -0.05) is 6.07 Å². The van der Waals surface area contributed by atoms with Crippen molar-refractivity contribution in [2.75, 3.05) is 13.1 Å². The predicted octanol–water partition coefficient (Wildman–Crippen LogP) is 3.19.